The molecule has 0 heterocycles. The number of carbonyl (C=O) groups is 1. The molecule has 0 bridgehead atoms. The van der Waals surface area contributed by atoms with Crippen LogP contribution in [-0.4, -0.2) is 5.91 Å². The Morgan fingerprint density at radius 1 is 1.67 bits per heavy atom. The summed E-state index contributed by atoms with van der Waals surface area (Å²) in [6, 6.07) is 5.24. The van der Waals surface area contributed by atoms with Gasteiger partial charge in [0.05, 0.1) is 11.1 Å². The van der Waals surface area contributed by atoms with Crippen LogP contribution >= 0.6 is 27.5 Å². The first-order valence-electron chi connectivity index (χ1n) is 4.17. The third kappa shape index (κ3) is 3.22. The highest BCUT2D eigenvalue weighted by Crippen LogP contribution is 2.28. The highest BCUT2D eigenvalue weighted by Gasteiger charge is 2.07. The van der Waals surface area contributed by atoms with Gasteiger partial charge in [0.2, 0.25) is 5.91 Å². The maximum atomic E-state index is 11.2. The van der Waals surface area contributed by atoms with E-state index >= 15 is 0 Å². The van der Waals surface area contributed by atoms with Gasteiger partial charge in [-0.2, -0.15) is 5.26 Å². The van der Waals surface area contributed by atoms with Crippen molar-refractivity contribution in [2.24, 2.45) is 0 Å². The van der Waals surface area contributed by atoms with Crippen molar-refractivity contribution < 1.29 is 4.79 Å². The minimum absolute atomic E-state index is 0.160. The van der Waals surface area contributed by atoms with Crippen molar-refractivity contribution in [1.29, 1.82) is 5.26 Å². The van der Waals surface area contributed by atoms with Gasteiger partial charge in [0, 0.05) is 10.2 Å². The number of nitrogens with zero attached hydrogens (tertiary/aromatic N) is 1. The van der Waals surface area contributed by atoms with Crippen LogP contribution < -0.4 is 5.32 Å². The molecule has 0 fully saturated rings. The molecule has 15 heavy (non-hydrogen) atoms. The number of nitrogens with one attached hydrogen (secondary N) is 1. The van der Waals surface area contributed by atoms with E-state index in [9.17, 15) is 4.79 Å². The summed E-state index contributed by atoms with van der Waals surface area (Å²) < 4.78 is 0.778. The number of hydrogen-bond acceptors (Lipinski definition) is 2. The van der Waals surface area contributed by atoms with Gasteiger partial charge >= 0.3 is 0 Å². The van der Waals surface area contributed by atoms with Gasteiger partial charge < -0.3 is 5.32 Å². The van der Waals surface area contributed by atoms with E-state index in [1.54, 1.807) is 12.1 Å². The second kappa shape index (κ2) is 5.15. The van der Waals surface area contributed by atoms with Gasteiger partial charge in [0.15, 0.2) is 0 Å². The van der Waals surface area contributed by atoms with Gasteiger partial charge in [0.25, 0.3) is 0 Å². The zero-order valence-corrected chi connectivity index (χ0v) is 10.3. The summed E-state index contributed by atoms with van der Waals surface area (Å²) in [4.78, 5) is 11.2. The predicted octanol–water partition coefficient (Wildman–Crippen LogP) is 3.26. The highest BCUT2D eigenvalue weighted by atomic mass is 79.9. The Kier molecular flexibility index (Phi) is 4.13. The number of nitriles is 1. The molecule has 0 saturated carbocycles. The van der Waals surface area contributed by atoms with Gasteiger partial charge in [0.1, 0.15) is 6.42 Å². The molecule has 5 heteroatoms. The molecule has 1 N–H and O–H groups in total. The zero-order chi connectivity index (χ0) is 11.4. The maximum Gasteiger partial charge on any atom is 0.238 e. The molecule has 1 aromatic rings. The van der Waals surface area contributed by atoms with Crippen molar-refractivity contribution >= 4 is 39.1 Å². The lowest BCUT2D eigenvalue weighted by molar-refractivity contribution is -0.115. The molecule has 0 unspecified atom stereocenters. The van der Waals surface area contributed by atoms with E-state index in [1.165, 1.54) is 0 Å². The van der Waals surface area contributed by atoms with Crippen LogP contribution in [-0.2, 0) is 4.79 Å². The largest absolute Gasteiger partial charge is 0.325 e. The molecule has 1 aromatic carbocycles. The van der Waals surface area contributed by atoms with Crippen molar-refractivity contribution in [1.82, 2.24) is 0 Å². The molecule has 1 amide bonds. The van der Waals surface area contributed by atoms with Crippen LogP contribution in [0.5, 0.6) is 0 Å². The SMILES string of the molecule is Cc1cc(Br)c(Cl)cc1NC(=O)CC#N. The minimum Gasteiger partial charge on any atom is -0.325 e. The lowest BCUT2D eigenvalue weighted by Gasteiger charge is -2.08. The molecule has 0 saturated heterocycles. The first-order valence-corrected chi connectivity index (χ1v) is 5.34. The van der Waals surface area contributed by atoms with Gasteiger partial charge in [-0.1, -0.05) is 11.6 Å². The Morgan fingerprint density at radius 3 is 2.93 bits per heavy atom. The number of carbonyl (C=O) groups excluding carboxylic acids is 1. The molecule has 0 spiro atoms. The number of aryl methyl sites for hydroxylation is 1. The third-order valence-corrected chi connectivity index (χ3v) is 2.98. The summed E-state index contributed by atoms with van der Waals surface area (Å²) in [5, 5.41) is 11.5. The molecule has 0 atom stereocenters. The fraction of sp³-hybridized carbons (Fsp3) is 0.200. The van der Waals surface area contributed by atoms with Gasteiger partial charge in [-0.15, -0.1) is 0 Å². The Morgan fingerprint density at radius 2 is 2.33 bits per heavy atom. The smallest absolute Gasteiger partial charge is 0.238 e. The number of amides is 1. The lowest BCUT2D eigenvalue weighted by Crippen LogP contribution is -2.11. The van der Waals surface area contributed by atoms with Crippen molar-refractivity contribution in [3.8, 4) is 6.07 Å². The van der Waals surface area contributed by atoms with Crippen molar-refractivity contribution in [3.05, 3.63) is 27.2 Å². The van der Waals surface area contributed by atoms with Crippen LogP contribution in [0.15, 0.2) is 16.6 Å². The van der Waals surface area contributed by atoms with Crippen LogP contribution in [0.2, 0.25) is 5.02 Å². The van der Waals surface area contributed by atoms with Crippen LogP contribution in [0.4, 0.5) is 5.69 Å². The first kappa shape index (κ1) is 12.0. The summed E-state index contributed by atoms with van der Waals surface area (Å²) in [6.45, 7) is 1.85. The summed E-state index contributed by atoms with van der Waals surface area (Å²) in [7, 11) is 0. The Balaban J connectivity index is 2.92. The number of anilines is 1. The number of hydrogen-bond donors (Lipinski definition) is 1. The zero-order valence-electron chi connectivity index (χ0n) is 7.97. The molecule has 1 rings (SSSR count). The second-order valence-corrected chi connectivity index (χ2v) is 4.23. The van der Waals surface area contributed by atoms with E-state index in [-0.39, 0.29) is 12.3 Å². The molecule has 0 aliphatic rings. The fourth-order valence-corrected chi connectivity index (χ4v) is 1.67. The summed E-state index contributed by atoms with van der Waals surface area (Å²) in [5.41, 5.74) is 1.51. The second-order valence-electron chi connectivity index (χ2n) is 2.96. The number of benzene rings is 1. The van der Waals surface area contributed by atoms with Crippen molar-refractivity contribution in [3.63, 3.8) is 0 Å². The minimum atomic E-state index is -0.334. The van der Waals surface area contributed by atoms with E-state index in [4.69, 9.17) is 16.9 Å². The van der Waals surface area contributed by atoms with E-state index in [0.29, 0.717) is 10.7 Å². The topological polar surface area (TPSA) is 52.9 Å². The van der Waals surface area contributed by atoms with Crippen molar-refractivity contribution in [2.75, 3.05) is 5.32 Å². The maximum absolute atomic E-state index is 11.2. The molecular formula is C10H8BrClN2O. The van der Waals surface area contributed by atoms with Crippen LogP contribution in [0.3, 0.4) is 0 Å². The van der Waals surface area contributed by atoms with Crippen LogP contribution in [0.1, 0.15) is 12.0 Å². The summed E-state index contributed by atoms with van der Waals surface area (Å²) in [5.74, 6) is -0.334. The molecule has 0 aliphatic heterocycles. The molecule has 0 aromatic heterocycles. The lowest BCUT2D eigenvalue weighted by atomic mass is 10.2. The molecule has 0 aliphatic carbocycles. The summed E-state index contributed by atoms with van der Waals surface area (Å²) in [6.07, 6.45) is -0.160. The normalized spacial score (nSPS) is 9.47. The molecular weight excluding hydrogens is 279 g/mol. The quantitative estimate of drug-likeness (QED) is 0.907. The Labute approximate surface area is 101 Å². The van der Waals surface area contributed by atoms with E-state index < -0.39 is 0 Å². The monoisotopic (exact) mass is 286 g/mol. The molecule has 78 valence electrons. The first-order chi connectivity index (χ1) is 7.04. The van der Waals surface area contributed by atoms with E-state index in [1.807, 2.05) is 13.0 Å². The third-order valence-electron chi connectivity index (χ3n) is 1.78. The molecule has 3 nitrogen and oxygen atoms in total. The van der Waals surface area contributed by atoms with Gasteiger partial charge in [-0.3, -0.25) is 4.79 Å². The Bertz CT molecular complexity index is 440. The predicted molar refractivity (Wildman–Crippen MR) is 62.7 cm³/mol. The molecule has 0 radical (unpaired) electrons. The average molecular weight is 288 g/mol. The standard InChI is InChI=1S/C10H8BrClN2O/c1-6-4-7(11)8(12)5-9(6)14-10(15)2-3-13/h4-5H,2H2,1H3,(H,14,15). The van der Waals surface area contributed by atoms with E-state index in [2.05, 4.69) is 21.2 Å². The number of halogens is 2. The Hall–Kier alpha value is -1.05. The van der Waals surface area contributed by atoms with Crippen molar-refractivity contribution in [2.45, 2.75) is 13.3 Å². The fourth-order valence-electron chi connectivity index (χ4n) is 1.05. The highest BCUT2D eigenvalue weighted by molar-refractivity contribution is 9.10. The number of rotatable bonds is 2. The summed E-state index contributed by atoms with van der Waals surface area (Å²) >= 11 is 9.16. The van der Waals surface area contributed by atoms with Gasteiger partial charge in [-0.25, -0.2) is 0 Å². The average Bonchev–Trinajstić information content (AvgIpc) is 2.14. The van der Waals surface area contributed by atoms with Crippen LogP contribution in [0.25, 0.3) is 0 Å². The van der Waals surface area contributed by atoms with E-state index in [0.717, 1.165) is 10.0 Å². The van der Waals surface area contributed by atoms with Crippen LogP contribution in [0, 0.1) is 18.3 Å². The van der Waals surface area contributed by atoms with Gasteiger partial charge in [-0.05, 0) is 40.5 Å².